The molecule has 2 aromatic rings. The molecule has 1 aromatic heterocycles. The standard InChI is InChI=1S/C29H36N2O7S/c1-3-37-28(33)21-5-7-23(8-6-21)39(35,36)24-18-26(29(34)38-4-2)25(27(32)19-24)17-20-11-15-31(16-12-20)22-9-13-30-14-10-22/h5-10,13-14,20,24-26H,3-4,11-12,15-19H2,1-2H3/t24?,25?,26-/m0/s1. The maximum absolute atomic E-state index is 13.5. The van der Waals surface area contributed by atoms with Crippen molar-refractivity contribution in [3.63, 3.8) is 0 Å². The predicted molar refractivity (Wildman–Crippen MR) is 145 cm³/mol. The topological polar surface area (TPSA) is 120 Å². The van der Waals surface area contributed by atoms with Crippen molar-refractivity contribution in [2.24, 2.45) is 17.8 Å². The van der Waals surface area contributed by atoms with Crippen molar-refractivity contribution in [2.45, 2.75) is 56.1 Å². The fraction of sp³-hybridized carbons (Fsp3) is 0.517. The number of sulfone groups is 1. The Hall–Kier alpha value is -3.27. The smallest absolute Gasteiger partial charge is 0.338 e. The number of hydrogen-bond donors (Lipinski definition) is 0. The van der Waals surface area contributed by atoms with Crippen LogP contribution in [0.2, 0.25) is 0 Å². The number of Topliss-reactive ketones (excluding diaryl/α,β-unsaturated/α-hetero) is 1. The molecule has 0 radical (unpaired) electrons. The third-order valence-electron chi connectivity index (χ3n) is 7.80. The van der Waals surface area contributed by atoms with Crippen molar-refractivity contribution in [2.75, 3.05) is 31.2 Å². The van der Waals surface area contributed by atoms with Gasteiger partial charge in [-0.3, -0.25) is 14.6 Å². The summed E-state index contributed by atoms with van der Waals surface area (Å²) in [7, 11) is -3.92. The Morgan fingerprint density at radius 1 is 0.974 bits per heavy atom. The molecule has 3 atom stereocenters. The summed E-state index contributed by atoms with van der Waals surface area (Å²) in [6.45, 7) is 5.45. The summed E-state index contributed by atoms with van der Waals surface area (Å²) >= 11 is 0. The number of pyridine rings is 1. The third-order valence-corrected chi connectivity index (χ3v) is 9.96. The highest BCUT2D eigenvalue weighted by molar-refractivity contribution is 7.92. The Morgan fingerprint density at radius 3 is 2.23 bits per heavy atom. The molecule has 0 spiro atoms. The minimum atomic E-state index is -3.92. The normalized spacial score (nSPS) is 22.4. The van der Waals surface area contributed by atoms with Crippen LogP contribution in [0.4, 0.5) is 5.69 Å². The number of carbonyl (C=O) groups excluding carboxylic acids is 3. The molecule has 1 aromatic carbocycles. The van der Waals surface area contributed by atoms with Gasteiger partial charge < -0.3 is 14.4 Å². The molecule has 1 saturated carbocycles. The molecule has 210 valence electrons. The van der Waals surface area contributed by atoms with E-state index in [0.717, 1.165) is 31.6 Å². The van der Waals surface area contributed by atoms with Crippen LogP contribution in [0.3, 0.4) is 0 Å². The Labute approximate surface area is 229 Å². The molecule has 9 nitrogen and oxygen atoms in total. The van der Waals surface area contributed by atoms with Gasteiger partial charge in [0.25, 0.3) is 0 Å². The predicted octanol–water partition coefficient (Wildman–Crippen LogP) is 3.87. The summed E-state index contributed by atoms with van der Waals surface area (Å²) in [5, 5.41) is -1.03. The van der Waals surface area contributed by atoms with Crippen molar-refractivity contribution in [3.05, 3.63) is 54.4 Å². The van der Waals surface area contributed by atoms with Crippen LogP contribution in [0.5, 0.6) is 0 Å². The molecule has 4 rings (SSSR count). The first-order valence-electron chi connectivity index (χ1n) is 13.6. The van der Waals surface area contributed by atoms with Gasteiger partial charge in [0.1, 0.15) is 5.78 Å². The molecular formula is C29H36N2O7S. The van der Waals surface area contributed by atoms with Crippen LogP contribution in [0.25, 0.3) is 0 Å². The summed E-state index contributed by atoms with van der Waals surface area (Å²) in [5.74, 6) is -2.35. The monoisotopic (exact) mass is 556 g/mol. The van der Waals surface area contributed by atoms with E-state index < -0.39 is 38.9 Å². The third kappa shape index (κ3) is 6.66. The lowest BCUT2D eigenvalue weighted by atomic mass is 9.72. The van der Waals surface area contributed by atoms with Crippen molar-refractivity contribution in [3.8, 4) is 0 Å². The van der Waals surface area contributed by atoms with E-state index >= 15 is 0 Å². The number of anilines is 1. The van der Waals surface area contributed by atoms with Gasteiger partial charge in [-0.25, -0.2) is 13.2 Å². The summed E-state index contributed by atoms with van der Waals surface area (Å²) in [6.07, 6.45) is 5.75. The molecule has 0 amide bonds. The lowest BCUT2D eigenvalue weighted by molar-refractivity contribution is -0.154. The fourth-order valence-corrected chi connectivity index (χ4v) is 7.45. The quantitative estimate of drug-likeness (QED) is 0.424. The second-order valence-electron chi connectivity index (χ2n) is 10.2. The van der Waals surface area contributed by atoms with Crippen LogP contribution in [0, 0.1) is 17.8 Å². The van der Waals surface area contributed by atoms with Gasteiger partial charge in [0.2, 0.25) is 0 Å². The molecule has 1 saturated heterocycles. The van der Waals surface area contributed by atoms with Crippen LogP contribution in [-0.4, -0.2) is 62.7 Å². The molecular weight excluding hydrogens is 520 g/mol. The minimum Gasteiger partial charge on any atom is -0.466 e. The molecule has 1 aliphatic carbocycles. The van der Waals surface area contributed by atoms with E-state index in [9.17, 15) is 22.8 Å². The lowest BCUT2D eigenvalue weighted by Crippen LogP contribution is -2.44. The van der Waals surface area contributed by atoms with E-state index in [-0.39, 0.29) is 48.2 Å². The Bertz CT molecular complexity index is 1260. The minimum absolute atomic E-state index is 0.0119. The fourth-order valence-electron chi connectivity index (χ4n) is 5.70. The number of piperidine rings is 1. The average molecular weight is 557 g/mol. The van der Waals surface area contributed by atoms with Crippen molar-refractivity contribution >= 4 is 33.2 Å². The first-order chi connectivity index (χ1) is 18.7. The molecule has 0 N–H and O–H groups in total. The van der Waals surface area contributed by atoms with Gasteiger partial charge in [-0.05, 0) is 81.8 Å². The molecule has 2 aliphatic rings. The summed E-state index contributed by atoms with van der Waals surface area (Å²) < 4.78 is 37.3. The molecule has 2 unspecified atom stereocenters. The molecule has 10 heteroatoms. The Balaban J connectivity index is 1.46. The van der Waals surface area contributed by atoms with Crippen molar-refractivity contribution in [1.82, 2.24) is 4.98 Å². The van der Waals surface area contributed by atoms with Gasteiger partial charge in [-0.2, -0.15) is 0 Å². The van der Waals surface area contributed by atoms with Gasteiger partial charge in [0.15, 0.2) is 9.84 Å². The number of ketones is 1. The SMILES string of the molecule is CCOC(=O)c1ccc(S(=O)(=O)C2CC(=O)C(CC3CCN(c4ccncc4)CC3)[C@@H](C(=O)OCC)C2)cc1. The molecule has 2 heterocycles. The number of carbonyl (C=O) groups is 3. The number of nitrogens with zero attached hydrogens (tertiary/aromatic N) is 2. The highest BCUT2D eigenvalue weighted by atomic mass is 32.2. The zero-order chi connectivity index (χ0) is 28.0. The maximum atomic E-state index is 13.5. The van der Waals surface area contributed by atoms with E-state index in [2.05, 4.69) is 9.88 Å². The summed E-state index contributed by atoms with van der Waals surface area (Å²) in [6, 6.07) is 9.47. The van der Waals surface area contributed by atoms with Crippen LogP contribution in [-0.2, 0) is 28.9 Å². The van der Waals surface area contributed by atoms with E-state index in [1.54, 1.807) is 26.2 Å². The van der Waals surface area contributed by atoms with Crippen LogP contribution < -0.4 is 4.90 Å². The summed E-state index contributed by atoms with van der Waals surface area (Å²) in [5.41, 5.74) is 1.36. The highest BCUT2D eigenvalue weighted by Gasteiger charge is 2.46. The Morgan fingerprint density at radius 2 is 1.62 bits per heavy atom. The van der Waals surface area contributed by atoms with Crippen molar-refractivity contribution < 1.29 is 32.3 Å². The number of ether oxygens (including phenoxy) is 2. The number of esters is 2. The van der Waals surface area contributed by atoms with Gasteiger partial charge in [0, 0.05) is 43.5 Å². The Kier molecular flexibility index (Phi) is 9.37. The molecule has 39 heavy (non-hydrogen) atoms. The number of hydrogen-bond acceptors (Lipinski definition) is 9. The van der Waals surface area contributed by atoms with Gasteiger partial charge in [-0.15, -0.1) is 0 Å². The first kappa shape index (κ1) is 28.7. The first-order valence-corrected chi connectivity index (χ1v) is 15.1. The number of benzene rings is 1. The second kappa shape index (κ2) is 12.7. The highest BCUT2D eigenvalue weighted by Crippen LogP contribution is 2.39. The number of aromatic nitrogens is 1. The van der Waals surface area contributed by atoms with Crippen molar-refractivity contribution in [1.29, 1.82) is 0 Å². The van der Waals surface area contributed by atoms with Gasteiger partial charge >= 0.3 is 11.9 Å². The largest absolute Gasteiger partial charge is 0.466 e. The van der Waals surface area contributed by atoms with Crippen LogP contribution >= 0.6 is 0 Å². The van der Waals surface area contributed by atoms with E-state index in [1.807, 2.05) is 12.1 Å². The van der Waals surface area contributed by atoms with E-state index in [1.165, 1.54) is 24.3 Å². The maximum Gasteiger partial charge on any atom is 0.338 e. The summed E-state index contributed by atoms with van der Waals surface area (Å²) in [4.78, 5) is 44.7. The zero-order valence-corrected chi connectivity index (χ0v) is 23.3. The van der Waals surface area contributed by atoms with Crippen LogP contribution in [0.15, 0.2) is 53.7 Å². The van der Waals surface area contributed by atoms with E-state index in [4.69, 9.17) is 9.47 Å². The molecule has 2 fully saturated rings. The van der Waals surface area contributed by atoms with Crippen LogP contribution in [0.1, 0.15) is 56.3 Å². The van der Waals surface area contributed by atoms with Gasteiger partial charge in [0.05, 0.1) is 34.8 Å². The lowest BCUT2D eigenvalue weighted by Gasteiger charge is -2.38. The van der Waals surface area contributed by atoms with Gasteiger partial charge in [-0.1, -0.05) is 0 Å². The molecule has 1 aliphatic heterocycles. The zero-order valence-electron chi connectivity index (χ0n) is 22.5. The second-order valence-corrected chi connectivity index (χ2v) is 12.4. The van der Waals surface area contributed by atoms with E-state index in [0.29, 0.717) is 6.42 Å². The average Bonchev–Trinajstić information content (AvgIpc) is 2.95. The molecule has 0 bridgehead atoms. The number of rotatable bonds is 9.